The molecule has 1 saturated heterocycles. The van der Waals surface area contributed by atoms with Gasteiger partial charge in [0.15, 0.2) is 0 Å². The second-order valence-electron chi connectivity index (χ2n) is 6.43. The van der Waals surface area contributed by atoms with Crippen LogP contribution in [0.1, 0.15) is 17.0 Å². The first-order valence-electron chi connectivity index (χ1n) is 8.59. The molecule has 0 radical (unpaired) electrons. The summed E-state index contributed by atoms with van der Waals surface area (Å²) in [5.74, 6) is 0.132. The predicted octanol–water partition coefficient (Wildman–Crippen LogP) is 3.44. The molecule has 134 valence electrons. The van der Waals surface area contributed by atoms with Crippen LogP contribution in [0.5, 0.6) is 0 Å². The van der Waals surface area contributed by atoms with Crippen LogP contribution in [0.4, 0.5) is 4.79 Å². The topological polar surface area (TPSA) is 66.8 Å². The fraction of sp³-hybridized carbons (Fsp3) is 0.300. The number of ether oxygens (including phenoxy) is 1. The zero-order valence-corrected chi connectivity index (χ0v) is 14.9. The van der Waals surface area contributed by atoms with Gasteiger partial charge in [-0.1, -0.05) is 48.5 Å². The van der Waals surface area contributed by atoms with Gasteiger partial charge in [0.05, 0.1) is 0 Å². The van der Waals surface area contributed by atoms with E-state index < -0.39 is 18.1 Å². The monoisotopic (exact) mass is 369 g/mol. The van der Waals surface area contributed by atoms with Gasteiger partial charge >= 0.3 is 12.1 Å². The first-order valence-corrected chi connectivity index (χ1v) is 9.74. The van der Waals surface area contributed by atoms with Crippen molar-refractivity contribution in [2.24, 2.45) is 0 Å². The van der Waals surface area contributed by atoms with E-state index in [4.69, 9.17) is 4.74 Å². The van der Waals surface area contributed by atoms with Gasteiger partial charge in [-0.05, 0) is 22.3 Å². The van der Waals surface area contributed by atoms with Gasteiger partial charge in [0.2, 0.25) is 0 Å². The molecule has 6 heteroatoms. The number of hydrogen-bond acceptors (Lipinski definition) is 4. The molecule has 1 fully saturated rings. The molecule has 0 bridgehead atoms. The third-order valence-corrected chi connectivity index (χ3v) is 6.01. The summed E-state index contributed by atoms with van der Waals surface area (Å²) >= 11 is 1.55. The Labute approximate surface area is 156 Å². The van der Waals surface area contributed by atoms with E-state index in [0.29, 0.717) is 12.3 Å². The van der Waals surface area contributed by atoms with Gasteiger partial charge in [0.1, 0.15) is 12.6 Å². The standard InChI is InChI=1S/C20H19NO4S/c22-19(23)18-12-26-10-9-21(18)20(24)25-11-17-15-7-3-1-5-13(15)14-6-2-4-8-16(14)17/h1-8,17-18H,9-12H2,(H,22,23)/t18-/m0/s1. The van der Waals surface area contributed by atoms with Crippen LogP contribution in [0.2, 0.25) is 0 Å². The molecular formula is C20H19NO4S. The zero-order chi connectivity index (χ0) is 18.1. The second kappa shape index (κ2) is 7.03. The van der Waals surface area contributed by atoms with Gasteiger partial charge in [-0.3, -0.25) is 4.90 Å². The van der Waals surface area contributed by atoms with Crippen LogP contribution in [0.15, 0.2) is 48.5 Å². The van der Waals surface area contributed by atoms with Crippen molar-refractivity contribution in [1.29, 1.82) is 0 Å². The second-order valence-corrected chi connectivity index (χ2v) is 7.58. The SMILES string of the molecule is O=C(O)[C@@H]1CSCCN1C(=O)OCC1c2ccccc2-c2ccccc21. The summed E-state index contributed by atoms with van der Waals surface area (Å²) in [4.78, 5) is 25.3. The highest BCUT2D eigenvalue weighted by Gasteiger charge is 2.35. The Morgan fingerprint density at radius 1 is 1.08 bits per heavy atom. The van der Waals surface area contributed by atoms with E-state index in [1.54, 1.807) is 11.8 Å². The van der Waals surface area contributed by atoms with Crippen molar-refractivity contribution in [3.8, 4) is 11.1 Å². The van der Waals surface area contributed by atoms with Gasteiger partial charge in [-0.25, -0.2) is 9.59 Å². The van der Waals surface area contributed by atoms with Crippen molar-refractivity contribution >= 4 is 23.8 Å². The number of rotatable bonds is 3. The minimum atomic E-state index is -0.981. The molecule has 1 aliphatic carbocycles. The molecule has 1 heterocycles. The Bertz CT molecular complexity index is 808. The third kappa shape index (κ3) is 2.94. The zero-order valence-electron chi connectivity index (χ0n) is 14.1. The lowest BCUT2D eigenvalue weighted by Crippen LogP contribution is -2.50. The first kappa shape index (κ1) is 17.0. The lowest BCUT2D eigenvalue weighted by Gasteiger charge is -2.32. The number of carbonyl (C=O) groups is 2. The van der Waals surface area contributed by atoms with Crippen LogP contribution in [-0.4, -0.2) is 52.8 Å². The van der Waals surface area contributed by atoms with Crippen molar-refractivity contribution in [2.75, 3.05) is 24.7 Å². The molecule has 1 aliphatic heterocycles. The summed E-state index contributed by atoms with van der Waals surface area (Å²) in [5.41, 5.74) is 4.62. The van der Waals surface area contributed by atoms with E-state index in [9.17, 15) is 14.7 Å². The summed E-state index contributed by atoms with van der Waals surface area (Å²) in [6.45, 7) is 0.612. The highest BCUT2D eigenvalue weighted by Crippen LogP contribution is 2.44. The van der Waals surface area contributed by atoms with E-state index in [2.05, 4.69) is 24.3 Å². The van der Waals surface area contributed by atoms with Crippen molar-refractivity contribution in [2.45, 2.75) is 12.0 Å². The van der Waals surface area contributed by atoms with E-state index in [-0.39, 0.29) is 12.5 Å². The molecule has 1 N–H and O–H groups in total. The minimum Gasteiger partial charge on any atom is -0.480 e. The number of benzene rings is 2. The Hall–Kier alpha value is -2.47. The van der Waals surface area contributed by atoms with Crippen molar-refractivity contribution < 1.29 is 19.4 Å². The Balaban J connectivity index is 1.53. The summed E-state index contributed by atoms with van der Waals surface area (Å²) in [7, 11) is 0. The Kier molecular flexibility index (Phi) is 4.59. The molecule has 4 rings (SSSR count). The molecule has 1 amide bonds. The number of aliphatic carboxylic acids is 1. The summed E-state index contributed by atoms with van der Waals surface area (Å²) < 4.78 is 5.57. The molecule has 5 nitrogen and oxygen atoms in total. The highest BCUT2D eigenvalue weighted by atomic mass is 32.2. The normalized spacial score (nSPS) is 18.9. The molecule has 26 heavy (non-hydrogen) atoms. The van der Waals surface area contributed by atoms with Crippen molar-refractivity contribution in [1.82, 2.24) is 4.90 Å². The van der Waals surface area contributed by atoms with Crippen LogP contribution < -0.4 is 0 Å². The van der Waals surface area contributed by atoms with Gasteiger partial charge in [-0.2, -0.15) is 11.8 Å². The predicted molar refractivity (Wildman–Crippen MR) is 101 cm³/mol. The maximum atomic E-state index is 12.5. The highest BCUT2D eigenvalue weighted by molar-refractivity contribution is 7.99. The molecule has 2 aliphatic rings. The van der Waals surface area contributed by atoms with Crippen LogP contribution in [0.25, 0.3) is 11.1 Å². The lowest BCUT2D eigenvalue weighted by molar-refractivity contribution is -0.141. The van der Waals surface area contributed by atoms with Crippen LogP contribution in [0, 0.1) is 0 Å². The average Bonchev–Trinajstić information content (AvgIpc) is 3.00. The molecule has 1 atom stereocenters. The summed E-state index contributed by atoms with van der Waals surface area (Å²) in [5, 5.41) is 9.33. The number of carboxylic acid groups (broad SMARTS) is 1. The molecule has 0 saturated carbocycles. The number of carboxylic acids is 1. The van der Waals surface area contributed by atoms with Gasteiger partial charge in [0, 0.05) is 24.0 Å². The summed E-state index contributed by atoms with van der Waals surface area (Å²) in [6.07, 6.45) is -0.542. The fourth-order valence-electron chi connectivity index (χ4n) is 3.70. The third-order valence-electron chi connectivity index (χ3n) is 4.98. The molecular weight excluding hydrogens is 350 g/mol. The Morgan fingerprint density at radius 2 is 1.69 bits per heavy atom. The quantitative estimate of drug-likeness (QED) is 0.898. The number of hydrogen-bond donors (Lipinski definition) is 1. The van der Waals surface area contributed by atoms with E-state index in [1.807, 2.05) is 24.3 Å². The van der Waals surface area contributed by atoms with Crippen LogP contribution >= 0.6 is 11.8 Å². The van der Waals surface area contributed by atoms with Gasteiger partial charge in [0.25, 0.3) is 0 Å². The lowest BCUT2D eigenvalue weighted by atomic mass is 9.98. The van der Waals surface area contributed by atoms with Crippen molar-refractivity contribution in [3.05, 3.63) is 59.7 Å². The number of fused-ring (bicyclic) bond motifs is 3. The van der Waals surface area contributed by atoms with E-state index >= 15 is 0 Å². The summed E-state index contributed by atoms with van der Waals surface area (Å²) in [6, 6.07) is 15.5. The fourth-order valence-corrected chi connectivity index (χ4v) is 4.74. The first-order chi connectivity index (χ1) is 12.7. The maximum absolute atomic E-state index is 12.5. The van der Waals surface area contributed by atoms with Crippen LogP contribution in [0.3, 0.4) is 0 Å². The average molecular weight is 369 g/mol. The molecule has 0 aromatic heterocycles. The molecule has 2 aromatic rings. The smallest absolute Gasteiger partial charge is 0.410 e. The van der Waals surface area contributed by atoms with Gasteiger partial charge in [-0.15, -0.1) is 0 Å². The molecule has 0 spiro atoms. The minimum absolute atomic E-state index is 0.0196. The van der Waals surface area contributed by atoms with Gasteiger partial charge < -0.3 is 9.84 Å². The van der Waals surface area contributed by atoms with E-state index in [1.165, 1.54) is 16.0 Å². The number of amides is 1. The largest absolute Gasteiger partial charge is 0.480 e. The molecule has 2 aromatic carbocycles. The van der Waals surface area contributed by atoms with E-state index in [0.717, 1.165) is 16.9 Å². The van der Waals surface area contributed by atoms with Crippen molar-refractivity contribution in [3.63, 3.8) is 0 Å². The molecule has 0 unspecified atom stereocenters. The number of nitrogens with zero attached hydrogens (tertiary/aromatic N) is 1. The number of carbonyl (C=O) groups excluding carboxylic acids is 1. The maximum Gasteiger partial charge on any atom is 0.410 e. The Morgan fingerprint density at radius 3 is 2.31 bits per heavy atom. The van der Waals surface area contributed by atoms with Crippen LogP contribution in [-0.2, 0) is 9.53 Å². The number of thioether (sulfide) groups is 1.